The predicted octanol–water partition coefficient (Wildman–Crippen LogP) is 2.09. The molecule has 3 rings (SSSR count). The molecule has 0 N–H and O–H groups in total. The van der Waals surface area contributed by atoms with Crippen LogP contribution in [0, 0.1) is 0 Å². The van der Waals surface area contributed by atoms with Crippen molar-refractivity contribution < 1.29 is 8.42 Å². The van der Waals surface area contributed by atoms with Crippen LogP contribution in [0.1, 0.15) is 6.92 Å². The summed E-state index contributed by atoms with van der Waals surface area (Å²) in [6, 6.07) is 7.43. The zero-order valence-corrected chi connectivity index (χ0v) is 14.0. The maximum absolute atomic E-state index is 12.9. The number of hydrogen-bond acceptors (Lipinski definition) is 4. The largest absolute Gasteiger partial charge is 0.358 e. The van der Waals surface area contributed by atoms with Crippen LogP contribution in [0.25, 0.3) is 0 Å². The van der Waals surface area contributed by atoms with Crippen LogP contribution in [-0.2, 0) is 9.84 Å². The van der Waals surface area contributed by atoms with Crippen molar-refractivity contribution in [1.82, 2.24) is 4.90 Å². The number of allylic oxidation sites excluding steroid dienone is 2. The number of benzene rings is 1. The number of likely N-dealkylation sites (N-methyl/N-ethyl adjacent to an activating group) is 1. The Balaban J connectivity index is 2.15. The Morgan fingerprint density at radius 2 is 1.86 bits per heavy atom. The average Bonchev–Trinajstić information content (AvgIpc) is 2.47. The fraction of sp³-hybridized carbons (Fsp3) is 0.412. The molecule has 0 aromatic heterocycles. The third kappa shape index (κ3) is 2.38. The van der Waals surface area contributed by atoms with Gasteiger partial charge in [0.05, 0.1) is 16.6 Å². The third-order valence-electron chi connectivity index (χ3n) is 4.29. The molecule has 22 heavy (non-hydrogen) atoms. The summed E-state index contributed by atoms with van der Waals surface area (Å²) >= 11 is 0. The maximum Gasteiger partial charge on any atom is 0.189 e. The quantitative estimate of drug-likeness (QED) is 0.856. The molecule has 4 nitrogen and oxygen atoms in total. The first-order valence-corrected chi connectivity index (χ1v) is 9.08. The Morgan fingerprint density at radius 3 is 2.59 bits per heavy atom. The van der Waals surface area contributed by atoms with Crippen molar-refractivity contribution >= 4 is 15.5 Å². The molecule has 0 amide bonds. The summed E-state index contributed by atoms with van der Waals surface area (Å²) in [6.07, 6.45) is 7.59. The van der Waals surface area contributed by atoms with Crippen molar-refractivity contribution in [2.24, 2.45) is 0 Å². The standard InChI is InChI=1S/C17H22N2O2S/c1-13(12-18(2)3)19-14-8-4-6-10-16(14)22(20,21)17-11-7-5-9-15(17)19/h4-11,13-14,16H,12H2,1-3H3/t13-,14?,16?/m0/s1. The molecule has 0 fully saturated rings. The van der Waals surface area contributed by atoms with Gasteiger partial charge in [-0.3, -0.25) is 0 Å². The van der Waals surface area contributed by atoms with E-state index >= 15 is 0 Å². The van der Waals surface area contributed by atoms with Gasteiger partial charge in [-0.15, -0.1) is 0 Å². The Bertz CT molecular complexity index is 722. The highest BCUT2D eigenvalue weighted by Crippen LogP contribution is 2.40. The monoisotopic (exact) mass is 318 g/mol. The van der Waals surface area contributed by atoms with Gasteiger partial charge in [0, 0.05) is 12.6 Å². The fourth-order valence-corrected chi connectivity index (χ4v) is 5.39. The van der Waals surface area contributed by atoms with E-state index < -0.39 is 15.1 Å². The lowest BCUT2D eigenvalue weighted by molar-refractivity contribution is 0.363. The third-order valence-corrected chi connectivity index (χ3v) is 6.40. The zero-order valence-electron chi connectivity index (χ0n) is 13.2. The summed E-state index contributed by atoms with van der Waals surface area (Å²) in [5.41, 5.74) is 0.818. The highest BCUT2D eigenvalue weighted by atomic mass is 32.2. The first kappa shape index (κ1) is 15.3. The van der Waals surface area contributed by atoms with Crippen LogP contribution < -0.4 is 4.90 Å². The van der Waals surface area contributed by atoms with E-state index in [4.69, 9.17) is 0 Å². The van der Waals surface area contributed by atoms with Crippen LogP contribution in [0.15, 0.2) is 53.5 Å². The van der Waals surface area contributed by atoms with Crippen molar-refractivity contribution in [2.45, 2.75) is 29.2 Å². The second kappa shape index (κ2) is 5.56. The first-order valence-electron chi connectivity index (χ1n) is 7.54. The molecule has 5 heteroatoms. The van der Waals surface area contributed by atoms with Gasteiger partial charge in [-0.25, -0.2) is 8.42 Å². The Labute approximate surface area is 132 Å². The topological polar surface area (TPSA) is 40.6 Å². The lowest BCUT2D eigenvalue weighted by atomic mass is 10.0. The molecule has 1 heterocycles. The number of rotatable bonds is 3. The summed E-state index contributed by atoms with van der Waals surface area (Å²) in [5.74, 6) is 0. The van der Waals surface area contributed by atoms with E-state index in [1.807, 2.05) is 50.5 Å². The molecule has 0 saturated heterocycles. The van der Waals surface area contributed by atoms with Crippen molar-refractivity contribution in [2.75, 3.05) is 25.5 Å². The molecular weight excluding hydrogens is 296 g/mol. The number of sulfone groups is 1. The molecule has 1 aliphatic carbocycles. The Hall–Kier alpha value is -1.59. The van der Waals surface area contributed by atoms with Gasteiger partial charge in [-0.2, -0.15) is 0 Å². The summed E-state index contributed by atoms with van der Waals surface area (Å²) in [5, 5.41) is -0.503. The summed E-state index contributed by atoms with van der Waals surface area (Å²) < 4.78 is 25.8. The lowest BCUT2D eigenvalue weighted by Gasteiger charge is -2.45. The molecule has 2 aliphatic rings. The summed E-state index contributed by atoms with van der Waals surface area (Å²) in [7, 11) is 0.747. The Kier molecular flexibility index (Phi) is 3.87. The van der Waals surface area contributed by atoms with E-state index in [0.29, 0.717) is 4.90 Å². The fourth-order valence-electron chi connectivity index (χ4n) is 3.48. The molecule has 0 radical (unpaired) electrons. The van der Waals surface area contributed by atoms with E-state index in [1.54, 1.807) is 12.1 Å². The molecule has 0 spiro atoms. The molecule has 0 saturated carbocycles. The van der Waals surface area contributed by atoms with Crippen LogP contribution in [0.2, 0.25) is 0 Å². The van der Waals surface area contributed by atoms with Crippen LogP contribution in [0.4, 0.5) is 5.69 Å². The van der Waals surface area contributed by atoms with Gasteiger partial charge in [0.1, 0.15) is 5.25 Å². The highest BCUT2D eigenvalue weighted by molar-refractivity contribution is 7.92. The smallest absolute Gasteiger partial charge is 0.189 e. The van der Waals surface area contributed by atoms with Crippen LogP contribution in [-0.4, -0.2) is 51.3 Å². The molecule has 2 unspecified atom stereocenters. The first-order chi connectivity index (χ1) is 10.4. The molecule has 1 aromatic rings. The second-order valence-corrected chi connectivity index (χ2v) is 8.33. The van der Waals surface area contributed by atoms with Gasteiger partial charge in [-0.1, -0.05) is 36.4 Å². The molecule has 1 aliphatic heterocycles. The van der Waals surface area contributed by atoms with Crippen LogP contribution in [0.3, 0.4) is 0 Å². The number of nitrogens with zero attached hydrogens (tertiary/aromatic N) is 2. The van der Waals surface area contributed by atoms with E-state index in [1.165, 1.54) is 0 Å². The predicted molar refractivity (Wildman–Crippen MR) is 90.0 cm³/mol. The lowest BCUT2D eigenvalue weighted by Crippen LogP contribution is -2.55. The minimum absolute atomic E-state index is 0.139. The van der Waals surface area contributed by atoms with E-state index in [-0.39, 0.29) is 12.1 Å². The van der Waals surface area contributed by atoms with Crippen LogP contribution >= 0.6 is 0 Å². The molecule has 118 valence electrons. The Morgan fingerprint density at radius 1 is 1.18 bits per heavy atom. The van der Waals surface area contributed by atoms with Gasteiger partial charge in [0.15, 0.2) is 9.84 Å². The number of fused-ring (bicyclic) bond motifs is 2. The minimum Gasteiger partial charge on any atom is -0.358 e. The molecule has 1 aromatic carbocycles. The van der Waals surface area contributed by atoms with Gasteiger partial charge in [0.2, 0.25) is 0 Å². The van der Waals surface area contributed by atoms with Gasteiger partial charge < -0.3 is 9.80 Å². The van der Waals surface area contributed by atoms with Crippen molar-refractivity contribution in [3.8, 4) is 0 Å². The number of hydrogen-bond donors (Lipinski definition) is 0. The van der Waals surface area contributed by atoms with E-state index in [2.05, 4.69) is 16.7 Å². The molecule has 0 bridgehead atoms. The van der Waals surface area contributed by atoms with E-state index in [0.717, 1.165) is 12.2 Å². The average molecular weight is 318 g/mol. The number of anilines is 1. The maximum atomic E-state index is 12.9. The highest BCUT2D eigenvalue weighted by Gasteiger charge is 2.44. The zero-order chi connectivity index (χ0) is 15.9. The second-order valence-electron chi connectivity index (χ2n) is 6.26. The van der Waals surface area contributed by atoms with Crippen molar-refractivity contribution in [3.05, 3.63) is 48.6 Å². The molecule has 3 atom stereocenters. The van der Waals surface area contributed by atoms with Crippen molar-refractivity contribution in [3.63, 3.8) is 0 Å². The van der Waals surface area contributed by atoms with Gasteiger partial charge in [0.25, 0.3) is 0 Å². The minimum atomic E-state index is -3.33. The normalized spacial score (nSPS) is 26.6. The van der Waals surface area contributed by atoms with E-state index in [9.17, 15) is 8.42 Å². The SMILES string of the molecule is C[C@@H](CN(C)C)N1c2ccccc2S(=O)(=O)C2C=CC=CC21. The summed E-state index contributed by atoms with van der Waals surface area (Å²) in [4.78, 5) is 4.83. The molecular formula is C17H22N2O2S. The number of para-hydroxylation sites is 1. The van der Waals surface area contributed by atoms with Gasteiger partial charge >= 0.3 is 0 Å². The van der Waals surface area contributed by atoms with Crippen LogP contribution in [0.5, 0.6) is 0 Å². The summed E-state index contributed by atoms with van der Waals surface area (Å²) in [6.45, 7) is 3.02. The van der Waals surface area contributed by atoms with Crippen molar-refractivity contribution in [1.29, 1.82) is 0 Å². The van der Waals surface area contributed by atoms with Gasteiger partial charge in [-0.05, 0) is 33.2 Å².